The van der Waals surface area contributed by atoms with Crippen LogP contribution in [0.15, 0.2) is 30.3 Å². The third kappa shape index (κ3) is 8.34. The Labute approximate surface area is 124 Å². The third-order valence-corrected chi connectivity index (χ3v) is 3.82. The maximum absolute atomic E-state index is 9.40. The highest BCUT2D eigenvalue weighted by atomic mass is 16.3. The van der Waals surface area contributed by atoms with E-state index in [4.69, 9.17) is 0 Å². The van der Waals surface area contributed by atoms with Gasteiger partial charge in [0.2, 0.25) is 0 Å². The summed E-state index contributed by atoms with van der Waals surface area (Å²) in [5.74, 6) is 0. The lowest BCUT2D eigenvalue weighted by Crippen LogP contribution is -2.33. The van der Waals surface area contributed by atoms with E-state index in [0.717, 1.165) is 19.4 Å². The van der Waals surface area contributed by atoms with Crippen molar-refractivity contribution in [1.82, 2.24) is 5.32 Å². The molecule has 1 aromatic rings. The van der Waals surface area contributed by atoms with Gasteiger partial charge in [-0.2, -0.15) is 0 Å². The molecular weight excluding hydrogens is 246 g/mol. The standard InChI is InChI=1S/C18H31NO/c1-2-3-4-5-6-10-13-18(16-20)19-15-14-17-11-8-7-9-12-17/h7-9,11-12,18-20H,2-6,10,13-16H2,1H3/t18-/m1/s1. The van der Waals surface area contributed by atoms with Crippen LogP contribution in [-0.4, -0.2) is 24.3 Å². The molecule has 0 aliphatic carbocycles. The summed E-state index contributed by atoms with van der Waals surface area (Å²) in [6.07, 6.45) is 10.0. The second kappa shape index (κ2) is 11.9. The van der Waals surface area contributed by atoms with E-state index in [1.807, 2.05) is 6.07 Å². The van der Waals surface area contributed by atoms with E-state index < -0.39 is 0 Å². The first-order chi connectivity index (χ1) is 9.86. The molecule has 1 rings (SSSR count). The molecule has 2 heteroatoms. The molecule has 0 saturated heterocycles. The van der Waals surface area contributed by atoms with Gasteiger partial charge in [0.05, 0.1) is 6.61 Å². The zero-order valence-electron chi connectivity index (χ0n) is 13.0. The molecule has 0 amide bonds. The molecule has 2 nitrogen and oxygen atoms in total. The summed E-state index contributed by atoms with van der Waals surface area (Å²) < 4.78 is 0. The molecule has 20 heavy (non-hydrogen) atoms. The van der Waals surface area contributed by atoms with Gasteiger partial charge >= 0.3 is 0 Å². The first-order valence-corrected chi connectivity index (χ1v) is 8.25. The Kier molecular flexibility index (Phi) is 10.3. The van der Waals surface area contributed by atoms with Gasteiger partial charge in [-0.05, 0) is 24.9 Å². The van der Waals surface area contributed by atoms with Crippen molar-refractivity contribution in [3.63, 3.8) is 0 Å². The molecule has 0 radical (unpaired) electrons. The fraction of sp³-hybridized carbons (Fsp3) is 0.667. The smallest absolute Gasteiger partial charge is 0.0584 e. The number of aliphatic hydroxyl groups is 1. The predicted molar refractivity (Wildman–Crippen MR) is 87.0 cm³/mol. The fourth-order valence-corrected chi connectivity index (χ4v) is 2.49. The van der Waals surface area contributed by atoms with Crippen molar-refractivity contribution < 1.29 is 5.11 Å². The largest absolute Gasteiger partial charge is 0.395 e. The lowest BCUT2D eigenvalue weighted by Gasteiger charge is -2.16. The minimum absolute atomic E-state index is 0.254. The number of benzene rings is 1. The quantitative estimate of drug-likeness (QED) is 0.567. The minimum Gasteiger partial charge on any atom is -0.395 e. The SMILES string of the molecule is CCCCCCCC[C@H](CO)NCCc1ccccc1. The molecule has 0 unspecified atom stereocenters. The lowest BCUT2D eigenvalue weighted by atomic mass is 10.1. The van der Waals surface area contributed by atoms with Crippen molar-refractivity contribution >= 4 is 0 Å². The first-order valence-electron chi connectivity index (χ1n) is 8.25. The Hall–Kier alpha value is -0.860. The number of rotatable bonds is 12. The zero-order chi connectivity index (χ0) is 14.5. The summed E-state index contributed by atoms with van der Waals surface area (Å²) in [5, 5.41) is 12.9. The van der Waals surface area contributed by atoms with Gasteiger partial charge in [0, 0.05) is 6.04 Å². The maximum atomic E-state index is 9.40. The van der Waals surface area contributed by atoms with Crippen LogP contribution in [0.1, 0.15) is 57.4 Å². The molecule has 2 N–H and O–H groups in total. The first kappa shape index (κ1) is 17.2. The molecule has 1 aromatic carbocycles. The molecule has 0 spiro atoms. The summed E-state index contributed by atoms with van der Waals surface area (Å²) in [5.41, 5.74) is 1.36. The van der Waals surface area contributed by atoms with E-state index in [9.17, 15) is 5.11 Å². The van der Waals surface area contributed by atoms with Gasteiger partial charge in [-0.3, -0.25) is 0 Å². The molecule has 0 aliphatic heterocycles. The monoisotopic (exact) mass is 277 g/mol. The van der Waals surface area contributed by atoms with Gasteiger partial charge in [0.15, 0.2) is 0 Å². The summed E-state index contributed by atoms with van der Waals surface area (Å²) in [6.45, 7) is 3.45. The Balaban J connectivity index is 2.04. The van der Waals surface area contributed by atoms with Crippen LogP contribution >= 0.6 is 0 Å². The van der Waals surface area contributed by atoms with Crippen molar-refractivity contribution in [1.29, 1.82) is 0 Å². The normalized spacial score (nSPS) is 12.5. The summed E-state index contributed by atoms with van der Waals surface area (Å²) >= 11 is 0. The second-order valence-electron chi connectivity index (χ2n) is 5.63. The fourth-order valence-electron chi connectivity index (χ4n) is 2.49. The van der Waals surface area contributed by atoms with Crippen molar-refractivity contribution in [3.8, 4) is 0 Å². The molecular formula is C18H31NO. The van der Waals surface area contributed by atoms with Crippen LogP contribution < -0.4 is 5.32 Å². The van der Waals surface area contributed by atoms with E-state index in [1.54, 1.807) is 0 Å². The highest BCUT2D eigenvalue weighted by molar-refractivity contribution is 5.14. The topological polar surface area (TPSA) is 32.3 Å². The molecule has 0 bridgehead atoms. The van der Waals surface area contributed by atoms with Crippen LogP contribution in [0.3, 0.4) is 0 Å². The van der Waals surface area contributed by atoms with Crippen molar-refractivity contribution in [3.05, 3.63) is 35.9 Å². The van der Waals surface area contributed by atoms with E-state index in [0.29, 0.717) is 0 Å². The van der Waals surface area contributed by atoms with Gasteiger partial charge in [-0.1, -0.05) is 75.8 Å². The van der Waals surface area contributed by atoms with E-state index >= 15 is 0 Å². The molecule has 114 valence electrons. The predicted octanol–water partition coefficient (Wildman–Crippen LogP) is 3.93. The van der Waals surface area contributed by atoms with Crippen molar-refractivity contribution in [2.45, 2.75) is 64.3 Å². The molecule has 0 heterocycles. The van der Waals surface area contributed by atoms with Gasteiger partial charge in [0.25, 0.3) is 0 Å². The van der Waals surface area contributed by atoms with E-state index in [1.165, 1.54) is 44.1 Å². The molecule has 0 aromatic heterocycles. The Bertz CT molecular complexity index is 312. The Morgan fingerprint density at radius 2 is 1.70 bits per heavy atom. The Morgan fingerprint density at radius 1 is 1.00 bits per heavy atom. The number of hydrogen-bond donors (Lipinski definition) is 2. The lowest BCUT2D eigenvalue weighted by molar-refractivity contribution is 0.233. The average Bonchev–Trinajstić information content (AvgIpc) is 2.50. The van der Waals surface area contributed by atoms with Gasteiger partial charge in [0.1, 0.15) is 0 Å². The number of unbranched alkanes of at least 4 members (excludes halogenated alkanes) is 5. The third-order valence-electron chi connectivity index (χ3n) is 3.82. The van der Waals surface area contributed by atoms with Crippen LogP contribution in [0.2, 0.25) is 0 Å². The van der Waals surface area contributed by atoms with E-state index in [-0.39, 0.29) is 12.6 Å². The van der Waals surface area contributed by atoms with Gasteiger partial charge in [-0.15, -0.1) is 0 Å². The number of hydrogen-bond acceptors (Lipinski definition) is 2. The van der Waals surface area contributed by atoms with E-state index in [2.05, 4.69) is 36.5 Å². The van der Waals surface area contributed by atoms with Crippen LogP contribution in [0.5, 0.6) is 0 Å². The summed E-state index contributed by atoms with van der Waals surface area (Å²) in [6, 6.07) is 10.8. The van der Waals surface area contributed by atoms with Gasteiger partial charge < -0.3 is 10.4 Å². The number of aliphatic hydroxyl groups excluding tert-OH is 1. The zero-order valence-corrected chi connectivity index (χ0v) is 13.0. The molecule has 1 atom stereocenters. The van der Waals surface area contributed by atoms with Gasteiger partial charge in [-0.25, -0.2) is 0 Å². The van der Waals surface area contributed by atoms with Crippen molar-refractivity contribution in [2.24, 2.45) is 0 Å². The highest BCUT2D eigenvalue weighted by Gasteiger charge is 2.05. The maximum Gasteiger partial charge on any atom is 0.0584 e. The molecule has 0 saturated carbocycles. The summed E-state index contributed by atoms with van der Waals surface area (Å²) in [4.78, 5) is 0. The summed E-state index contributed by atoms with van der Waals surface area (Å²) in [7, 11) is 0. The van der Waals surface area contributed by atoms with Crippen LogP contribution in [0.25, 0.3) is 0 Å². The molecule has 0 fully saturated rings. The Morgan fingerprint density at radius 3 is 2.40 bits per heavy atom. The van der Waals surface area contributed by atoms with Crippen molar-refractivity contribution in [2.75, 3.05) is 13.2 Å². The minimum atomic E-state index is 0.254. The number of nitrogens with one attached hydrogen (secondary N) is 1. The molecule has 0 aliphatic rings. The van der Waals surface area contributed by atoms with Crippen LogP contribution in [-0.2, 0) is 6.42 Å². The second-order valence-corrected chi connectivity index (χ2v) is 5.63. The average molecular weight is 277 g/mol. The highest BCUT2D eigenvalue weighted by Crippen LogP contribution is 2.08. The van der Waals surface area contributed by atoms with Crippen LogP contribution in [0, 0.1) is 0 Å². The van der Waals surface area contributed by atoms with Crippen LogP contribution in [0.4, 0.5) is 0 Å².